The number of hydrogen-bond donors (Lipinski definition) is 2. The van der Waals surface area contributed by atoms with Crippen molar-refractivity contribution in [3.05, 3.63) is 42.7 Å². The Labute approximate surface area is 101 Å². The first-order valence-electron chi connectivity index (χ1n) is 5.77. The molecule has 0 saturated heterocycles. The summed E-state index contributed by atoms with van der Waals surface area (Å²) >= 11 is 0. The number of hydrogen-bond acceptors (Lipinski definition) is 3. The summed E-state index contributed by atoms with van der Waals surface area (Å²) < 4.78 is 1.92. The zero-order chi connectivity index (χ0) is 12.1. The molecule has 2 rings (SSSR count). The Morgan fingerprint density at radius 2 is 2.29 bits per heavy atom. The molecule has 0 radical (unpaired) electrons. The number of aromatic nitrogens is 2. The van der Waals surface area contributed by atoms with Crippen LogP contribution in [0.3, 0.4) is 0 Å². The van der Waals surface area contributed by atoms with Gasteiger partial charge in [0.1, 0.15) is 5.75 Å². The van der Waals surface area contributed by atoms with Crippen LogP contribution in [0, 0.1) is 0 Å². The van der Waals surface area contributed by atoms with Gasteiger partial charge in [0.15, 0.2) is 0 Å². The van der Waals surface area contributed by atoms with Crippen molar-refractivity contribution in [2.45, 2.75) is 25.9 Å². The molecule has 0 fully saturated rings. The van der Waals surface area contributed by atoms with E-state index >= 15 is 0 Å². The van der Waals surface area contributed by atoms with Gasteiger partial charge >= 0.3 is 0 Å². The van der Waals surface area contributed by atoms with E-state index in [9.17, 15) is 5.11 Å². The van der Waals surface area contributed by atoms with Crippen LogP contribution in [0.4, 0.5) is 5.69 Å². The van der Waals surface area contributed by atoms with Crippen LogP contribution in [-0.4, -0.2) is 20.9 Å². The maximum atomic E-state index is 9.35. The SMILES string of the molecule is C[C@@H](CCn1cccn1)Nc1cccc(O)c1. The minimum absolute atomic E-state index is 0.286. The molecule has 1 aromatic heterocycles. The second kappa shape index (κ2) is 5.39. The first-order chi connectivity index (χ1) is 8.24. The highest BCUT2D eigenvalue weighted by molar-refractivity contribution is 5.48. The molecule has 0 unspecified atom stereocenters. The fourth-order valence-electron chi connectivity index (χ4n) is 1.71. The van der Waals surface area contributed by atoms with E-state index in [0.717, 1.165) is 18.7 Å². The normalized spacial score (nSPS) is 12.3. The number of nitrogens with one attached hydrogen (secondary N) is 1. The van der Waals surface area contributed by atoms with Crippen molar-refractivity contribution >= 4 is 5.69 Å². The molecular weight excluding hydrogens is 214 g/mol. The predicted octanol–water partition coefficient (Wildman–Crippen LogP) is 2.48. The second-order valence-electron chi connectivity index (χ2n) is 4.15. The van der Waals surface area contributed by atoms with Gasteiger partial charge in [0.25, 0.3) is 0 Å². The zero-order valence-electron chi connectivity index (χ0n) is 9.87. The molecule has 0 aliphatic heterocycles. The molecule has 2 aromatic rings. The van der Waals surface area contributed by atoms with Crippen molar-refractivity contribution in [3.8, 4) is 5.75 Å². The molecule has 0 spiro atoms. The highest BCUT2D eigenvalue weighted by Gasteiger charge is 2.03. The van der Waals surface area contributed by atoms with E-state index in [-0.39, 0.29) is 5.75 Å². The van der Waals surface area contributed by atoms with Gasteiger partial charge in [-0.25, -0.2) is 0 Å². The smallest absolute Gasteiger partial charge is 0.117 e. The Bertz CT molecular complexity index is 453. The number of phenolic OH excluding ortho intramolecular Hbond substituents is 1. The van der Waals surface area contributed by atoms with E-state index in [4.69, 9.17) is 0 Å². The Hall–Kier alpha value is -1.97. The molecule has 0 saturated carbocycles. The van der Waals surface area contributed by atoms with Gasteiger partial charge in [0.2, 0.25) is 0 Å². The van der Waals surface area contributed by atoms with E-state index in [1.165, 1.54) is 0 Å². The molecule has 1 heterocycles. The summed E-state index contributed by atoms with van der Waals surface area (Å²) in [5, 5.41) is 16.9. The van der Waals surface area contributed by atoms with Crippen molar-refractivity contribution in [3.63, 3.8) is 0 Å². The lowest BCUT2D eigenvalue weighted by atomic mass is 10.2. The molecule has 90 valence electrons. The minimum atomic E-state index is 0.286. The van der Waals surface area contributed by atoms with Crippen molar-refractivity contribution < 1.29 is 5.11 Å². The molecule has 1 atom stereocenters. The second-order valence-corrected chi connectivity index (χ2v) is 4.15. The highest BCUT2D eigenvalue weighted by Crippen LogP contribution is 2.16. The number of rotatable bonds is 5. The number of benzene rings is 1. The molecule has 17 heavy (non-hydrogen) atoms. The molecule has 0 aliphatic carbocycles. The predicted molar refractivity (Wildman–Crippen MR) is 68.0 cm³/mol. The number of anilines is 1. The zero-order valence-corrected chi connectivity index (χ0v) is 9.87. The van der Waals surface area contributed by atoms with E-state index in [1.54, 1.807) is 18.3 Å². The van der Waals surface area contributed by atoms with Gasteiger partial charge < -0.3 is 10.4 Å². The summed E-state index contributed by atoms with van der Waals surface area (Å²) in [6.07, 6.45) is 4.73. The largest absolute Gasteiger partial charge is 0.508 e. The summed E-state index contributed by atoms with van der Waals surface area (Å²) in [5.41, 5.74) is 0.943. The van der Waals surface area contributed by atoms with Crippen LogP contribution in [0.25, 0.3) is 0 Å². The van der Waals surface area contributed by atoms with Crippen LogP contribution in [0.2, 0.25) is 0 Å². The quantitative estimate of drug-likeness (QED) is 0.831. The van der Waals surface area contributed by atoms with Crippen molar-refractivity contribution in [2.75, 3.05) is 5.32 Å². The highest BCUT2D eigenvalue weighted by atomic mass is 16.3. The average molecular weight is 231 g/mol. The van der Waals surface area contributed by atoms with Gasteiger partial charge in [-0.3, -0.25) is 4.68 Å². The lowest BCUT2D eigenvalue weighted by Gasteiger charge is -2.15. The van der Waals surface area contributed by atoms with Crippen LogP contribution >= 0.6 is 0 Å². The van der Waals surface area contributed by atoms with Crippen LogP contribution in [0.15, 0.2) is 42.7 Å². The number of nitrogens with zero attached hydrogens (tertiary/aromatic N) is 2. The first kappa shape index (κ1) is 11.5. The van der Waals surface area contributed by atoms with Crippen molar-refractivity contribution in [1.29, 1.82) is 0 Å². The molecule has 0 bridgehead atoms. The van der Waals surface area contributed by atoms with Crippen LogP contribution in [-0.2, 0) is 6.54 Å². The van der Waals surface area contributed by atoms with Crippen LogP contribution in [0.1, 0.15) is 13.3 Å². The standard InChI is InChI=1S/C13H17N3O/c1-11(6-9-16-8-3-7-14-16)15-12-4-2-5-13(17)10-12/h2-5,7-8,10-11,15,17H,6,9H2,1H3/t11-/m0/s1. The monoisotopic (exact) mass is 231 g/mol. The molecule has 0 amide bonds. The van der Waals surface area contributed by atoms with Gasteiger partial charge in [-0.2, -0.15) is 5.10 Å². The van der Waals surface area contributed by atoms with Gasteiger partial charge in [0, 0.05) is 36.7 Å². The van der Waals surface area contributed by atoms with Gasteiger partial charge in [-0.05, 0) is 31.5 Å². The van der Waals surface area contributed by atoms with Gasteiger partial charge in [-0.1, -0.05) is 6.07 Å². The number of aromatic hydroxyl groups is 1. The van der Waals surface area contributed by atoms with E-state index in [1.807, 2.05) is 29.1 Å². The number of phenols is 1. The summed E-state index contributed by atoms with van der Waals surface area (Å²) in [7, 11) is 0. The molecule has 4 nitrogen and oxygen atoms in total. The van der Waals surface area contributed by atoms with Crippen LogP contribution in [0.5, 0.6) is 5.75 Å². The molecule has 2 N–H and O–H groups in total. The lowest BCUT2D eigenvalue weighted by Crippen LogP contribution is -2.17. The van der Waals surface area contributed by atoms with Crippen molar-refractivity contribution in [2.24, 2.45) is 0 Å². The average Bonchev–Trinajstić information content (AvgIpc) is 2.79. The molecule has 0 aliphatic rings. The van der Waals surface area contributed by atoms with Gasteiger partial charge in [0.05, 0.1) is 0 Å². The Morgan fingerprint density at radius 1 is 1.41 bits per heavy atom. The van der Waals surface area contributed by atoms with E-state index in [0.29, 0.717) is 6.04 Å². The Kier molecular flexibility index (Phi) is 3.65. The molecule has 4 heteroatoms. The first-order valence-corrected chi connectivity index (χ1v) is 5.77. The topological polar surface area (TPSA) is 50.1 Å². The van der Waals surface area contributed by atoms with Crippen molar-refractivity contribution in [1.82, 2.24) is 9.78 Å². The lowest BCUT2D eigenvalue weighted by molar-refractivity contribution is 0.475. The summed E-state index contributed by atoms with van der Waals surface area (Å²) in [6.45, 7) is 3.01. The van der Waals surface area contributed by atoms with Crippen LogP contribution < -0.4 is 5.32 Å². The Morgan fingerprint density at radius 3 is 3.00 bits per heavy atom. The summed E-state index contributed by atoms with van der Waals surface area (Å²) in [6, 6.07) is 9.43. The summed E-state index contributed by atoms with van der Waals surface area (Å²) in [5.74, 6) is 0.286. The minimum Gasteiger partial charge on any atom is -0.508 e. The van der Waals surface area contributed by atoms with E-state index in [2.05, 4.69) is 17.3 Å². The molecular formula is C13H17N3O. The fourth-order valence-corrected chi connectivity index (χ4v) is 1.71. The number of aryl methyl sites for hydroxylation is 1. The fraction of sp³-hybridized carbons (Fsp3) is 0.308. The third-order valence-electron chi connectivity index (χ3n) is 2.61. The third kappa shape index (κ3) is 3.52. The Balaban J connectivity index is 1.83. The maximum absolute atomic E-state index is 9.35. The summed E-state index contributed by atoms with van der Waals surface area (Å²) in [4.78, 5) is 0. The third-order valence-corrected chi connectivity index (χ3v) is 2.61. The van der Waals surface area contributed by atoms with Gasteiger partial charge in [-0.15, -0.1) is 0 Å². The van der Waals surface area contributed by atoms with E-state index < -0.39 is 0 Å². The maximum Gasteiger partial charge on any atom is 0.117 e. The molecule has 1 aromatic carbocycles.